The van der Waals surface area contributed by atoms with Crippen molar-refractivity contribution in [2.24, 2.45) is 5.73 Å². The molecular weight excluding hydrogens is 220 g/mol. The van der Waals surface area contributed by atoms with Gasteiger partial charge in [0.25, 0.3) is 0 Å². The molecule has 0 spiro atoms. The Kier molecular flexibility index (Phi) is 3.59. The summed E-state index contributed by atoms with van der Waals surface area (Å²) in [7, 11) is 1.45. The van der Waals surface area contributed by atoms with Crippen LogP contribution < -0.4 is 15.2 Å². The van der Waals surface area contributed by atoms with E-state index in [0.717, 1.165) is 5.56 Å². The normalized spacial score (nSPS) is 10.5. The van der Waals surface area contributed by atoms with Crippen LogP contribution in [0.25, 0.3) is 0 Å². The third-order valence-corrected chi connectivity index (χ3v) is 2.38. The summed E-state index contributed by atoms with van der Waals surface area (Å²) in [4.78, 5) is 10.7. The van der Waals surface area contributed by atoms with Crippen molar-refractivity contribution in [3.8, 4) is 17.6 Å². The van der Waals surface area contributed by atoms with Crippen LogP contribution in [0.15, 0.2) is 18.2 Å². The summed E-state index contributed by atoms with van der Waals surface area (Å²) in [5.74, 6) is 0.599. The van der Waals surface area contributed by atoms with Crippen LogP contribution in [-0.4, -0.2) is 13.2 Å². The van der Waals surface area contributed by atoms with Crippen LogP contribution in [0.2, 0.25) is 0 Å². The van der Waals surface area contributed by atoms with Gasteiger partial charge in [0.15, 0.2) is 11.5 Å². The maximum absolute atomic E-state index is 10.7. The number of nitrogens with zero attached hydrogens (tertiary/aromatic N) is 1. The number of ether oxygens (including phenoxy) is 2. The van der Waals surface area contributed by atoms with Crippen molar-refractivity contribution in [2.45, 2.75) is 19.3 Å². The zero-order valence-corrected chi connectivity index (χ0v) is 9.98. The van der Waals surface area contributed by atoms with Crippen LogP contribution in [-0.2, 0) is 5.41 Å². The highest BCUT2D eigenvalue weighted by molar-refractivity contribution is 5.69. The lowest BCUT2D eigenvalue weighted by molar-refractivity contribution is 0.208. The molecule has 17 heavy (non-hydrogen) atoms. The van der Waals surface area contributed by atoms with Gasteiger partial charge in [0, 0.05) is 0 Å². The second-order valence-electron chi connectivity index (χ2n) is 4.02. The highest BCUT2D eigenvalue weighted by atomic mass is 16.6. The van der Waals surface area contributed by atoms with Crippen LogP contribution in [0.4, 0.5) is 4.79 Å². The number of amides is 1. The van der Waals surface area contributed by atoms with Gasteiger partial charge in [-0.3, -0.25) is 0 Å². The second-order valence-corrected chi connectivity index (χ2v) is 4.02. The molecule has 0 saturated carbocycles. The number of methoxy groups -OCH3 is 1. The van der Waals surface area contributed by atoms with Crippen LogP contribution in [0.1, 0.15) is 19.4 Å². The van der Waals surface area contributed by atoms with Gasteiger partial charge in [0.05, 0.1) is 18.6 Å². The zero-order chi connectivity index (χ0) is 13.1. The van der Waals surface area contributed by atoms with Crippen LogP contribution in [0.5, 0.6) is 11.5 Å². The molecule has 0 aliphatic carbocycles. The molecular formula is C12H14N2O3. The summed E-state index contributed by atoms with van der Waals surface area (Å²) in [6.45, 7) is 3.58. The van der Waals surface area contributed by atoms with Crippen molar-refractivity contribution in [1.82, 2.24) is 0 Å². The van der Waals surface area contributed by atoms with Gasteiger partial charge < -0.3 is 15.2 Å². The lowest BCUT2D eigenvalue weighted by Gasteiger charge is -2.17. The van der Waals surface area contributed by atoms with Gasteiger partial charge in [-0.15, -0.1) is 0 Å². The minimum atomic E-state index is -0.907. The lowest BCUT2D eigenvalue weighted by Crippen LogP contribution is -2.17. The Morgan fingerprint density at radius 3 is 2.53 bits per heavy atom. The topological polar surface area (TPSA) is 85.3 Å². The standard InChI is InChI=1S/C12H14N2O3/c1-12(2,7-13)8-4-5-9(17-11(14)15)10(6-8)16-3/h4-6H,1-3H3,(H2,14,15). The summed E-state index contributed by atoms with van der Waals surface area (Å²) in [5.41, 5.74) is 5.06. The minimum Gasteiger partial charge on any atom is -0.493 e. The molecule has 0 aliphatic rings. The molecule has 1 rings (SSSR count). The Morgan fingerprint density at radius 2 is 2.06 bits per heavy atom. The molecule has 1 amide bonds. The molecule has 90 valence electrons. The molecule has 5 nitrogen and oxygen atoms in total. The van der Waals surface area contributed by atoms with Crippen molar-refractivity contribution < 1.29 is 14.3 Å². The van der Waals surface area contributed by atoms with Gasteiger partial charge in [0.1, 0.15) is 0 Å². The zero-order valence-electron chi connectivity index (χ0n) is 9.98. The van der Waals surface area contributed by atoms with E-state index in [9.17, 15) is 4.79 Å². The Hall–Kier alpha value is -2.22. The number of carbonyl (C=O) groups is 1. The lowest BCUT2D eigenvalue weighted by atomic mass is 9.86. The van der Waals surface area contributed by atoms with E-state index in [0.29, 0.717) is 5.75 Å². The van der Waals surface area contributed by atoms with Crippen molar-refractivity contribution in [3.63, 3.8) is 0 Å². The average molecular weight is 234 g/mol. The highest BCUT2D eigenvalue weighted by Crippen LogP contribution is 2.32. The first-order chi connectivity index (χ1) is 7.90. The van der Waals surface area contributed by atoms with Crippen molar-refractivity contribution in [1.29, 1.82) is 5.26 Å². The Bertz CT molecular complexity index is 475. The fourth-order valence-electron chi connectivity index (χ4n) is 1.31. The van der Waals surface area contributed by atoms with Gasteiger partial charge in [-0.2, -0.15) is 5.26 Å². The Morgan fingerprint density at radius 1 is 1.41 bits per heavy atom. The molecule has 0 radical (unpaired) electrons. The molecule has 1 aromatic rings. The smallest absolute Gasteiger partial charge is 0.410 e. The van der Waals surface area contributed by atoms with E-state index in [1.165, 1.54) is 7.11 Å². The van der Waals surface area contributed by atoms with Crippen molar-refractivity contribution in [3.05, 3.63) is 23.8 Å². The number of benzene rings is 1. The molecule has 2 N–H and O–H groups in total. The number of nitriles is 1. The van der Waals surface area contributed by atoms with E-state index in [-0.39, 0.29) is 5.75 Å². The van der Waals surface area contributed by atoms with Gasteiger partial charge in [-0.1, -0.05) is 6.07 Å². The third-order valence-electron chi connectivity index (χ3n) is 2.38. The number of nitrogens with two attached hydrogens (primary N) is 1. The molecule has 0 fully saturated rings. The summed E-state index contributed by atoms with van der Waals surface area (Å²) in [6, 6.07) is 7.09. The summed E-state index contributed by atoms with van der Waals surface area (Å²) < 4.78 is 9.85. The quantitative estimate of drug-likeness (QED) is 0.866. The maximum Gasteiger partial charge on any atom is 0.410 e. The van der Waals surface area contributed by atoms with E-state index in [1.54, 1.807) is 32.0 Å². The number of hydrogen-bond acceptors (Lipinski definition) is 4. The molecule has 0 atom stereocenters. The number of carbonyl (C=O) groups excluding carboxylic acids is 1. The van der Waals surface area contributed by atoms with E-state index >= 15 is 0 Å². The van der Waals surface area contributed by atoms with Crippen molar-refractivity contribution >= 4 is 6.09 Å². The first-order valence-electron chi connectivity index (χ1n) is 4.98. The van der Waals surface area contributed by atoms with Gasteiger partial charge >= 0.3 is 6.09 Å². The molecule has 0 unspecified atom stereocenters. The molecule has 0 bridgehead atoms. The first-order valence-corrected chi connectivity index (χ1v) is 4.98. The van der Waals surface area contributed by atoms with Crippen LogP contribution >= 0.6 is 0 Å². The molecule has 0 aliphatic heterocycles. The number of hydrogen-bond donors (Lipinski definition) is 1. The van der Waals surface area contributed by atoms with E-state index < -0.39 is 11.5 Å². The van der Waals surface area contributed by atoms with E-state index in [2.05, 4.69) is 6.07 Å². The molecule has 0 saturated heterocycles. The summed E-state index contributed by atoms with van der Waals surface area (Å²) in [5, 5.41) is 9.03. The van der Waals surface area contributed by atoms with Crippen molar-refractivity contribution in [2.75, 3.05) is 7.11 Å². The SMILES string of the molecule is COc1cc(C(C)(C)C#N)ccc1OC(N)=O. The van der Waals surface area contributed by atoms with Crippen LogP contribution in [0, 0.1) is 11.3 Å². The number of primary amides is 1. The molecule has 0 heterocycles. The molecule has 1 aromatic carbocycles. The number of rotatable bonds is 3. The monoisotopic (exact) mass is 234 g/mol. The van der Waals surface area contributed by atoms with Crippen LogP contribution in [0.3, 0.4) is 0 Å². The molecule has 5 heteroatoms. The predicted octanol–water partition coefficient (Wildman–Crippen LogP) is 1.95. The Labute approximate surface area is 99.7 Å². The van der Waals surface area contributed by atoms with E-state index in [4.69, 9.17) is 20.5 Å². The average Bonchev–Trinajstić information content (AvgIpc) is 2.28. The third kappa shape index (κ3) is 2.88. The largest absolute Gasteiger partial charge is 0.493 e. The van der Waals surface area contributed by atoms with E-state index in [1.807, 2.05) is 0 Å². The second kappa shape index (κ2) is 4.74. The van der Waals surface area contributed by atoms with Gasteiger partial charge in [0.2, 0.25) is 0 Å². The van der Waals surface area contributed by atoms with Gasteiger partial charge in [-0.25, -0.2) is 4.79 Å². The van der Waals surface area contributed by atoms with Gasteiger partial charge in [-0.05, 0) is 31.5 Å². The Balaban J connectivity index is 3.18. The molecule has 0 aromatic heterocycles. The maximum atomic E-state index is 10.7. The first kappa shape index (κ1) is 12.8. The predicted molar refractivity (Wildman–Crippen MR) is 61.8 cm³/mol. The summed E-state index contributed by atoms with van der Waals surface area (Å²) >= 11 is 0. The highest BCUT2D eigenvalue weighted by Gasteiger charge is 2.21. The fourth-order valence-corrected chi connectivity index (χ4v) is 1.31. The minimum absolute atomic E-state index is 0.234. The summed E-state index contributed by atoms with van der Waals surface area (Å²) in [6.07, 6.45) is -0.907. The fraction of sp³-hybridized carbons (Fsp3) is 0.333.